The Morgan fingerprint density at radius 2 is 2.56 bits per heavy atom. The highest BCUT2D eigenvalue weighted by atomic mass is 35.5. The van der Waals surface area contributed by atoms with Crippen LogP contribution >= 0.6 is 11.6 Å². The van der Waals surface area contributed by atoms with Crippen molar-refractivity contribution in [3.05, 3.63) is 16.9 Å². The quantitative estimate of drug-likeness (QED) is 0.878. The SMILES string of the molecule is CNC(CC1CCCO1)c1c(Cl)cnn1C. The van der Waals surface area contributed by atoms with Crippen molar-refractivity contribution < 1.29 is 4.74 Å². The summed E-state index contributed by atoms with van der Waals surface area (Å²) in [6, 6.07) is 0.211. The first-order chi connectivity index (χ1) is 7.72. The predicted molar refractivity (Wildman–Crippen MR) is 63.6 cm³/mol. The van der Waals surface area contributed by atoms with Crippen LogP contribution in [0.1, 0.15) is 31.0 Å². The van der Waals surface area contributed by atoms with Crippen LogP contribution < -0.4 is 5.32 Å². The maximum Gasteiger partial charge on any atom is 0.0834 e. The summed E-state index contributed by atoms with van der Waals surface area (Å²) < 4.78 is 7.48. The second-order valence-corrected chi connectivity index (χ2v) is 4.62. The van der Waals surface area contributed by atoms with E-state index in [0.29, 0.717) is 6.10 Å². The fourth-order valence-electron chi connectivity index (χ4n) is 2.27. The van der Waals surface area contributed by atoms with Gasteiger partial charge in [-0.2, -0.15) is 5.10 Å². The Kier molecular flexibility index (Phi) is 3.84. The first-order valence-electron chi connectivity index (χ1n) is 5.68. The Labute approximate surface area is 101 Å². The number of rotatable bonds is 4. The summed E-state index contributed by atoms with van der Waals surface area (Å²) in [5, 5.41) is 8.17. The number of hydrogen-bond donors (Lipinski definition) is 1. The molecule has 2 unspecified atom stereocenters. The average molecular weight is 244 g/mol. The Hall–Kier alpha value is -0.580. The van der Waals surface area contributed by atoms with Gasteiger partial charge in [-0.25, -0.2) is 0 Å². The van der Waals surface area contributed by atoms with Crippen molar-refractivity contribution in [2.45, 2.75) is 31.4 Å². The lowest BCUT2D eigenvalue weighted by molar-refractivity contribution is 0.0946. The summed E-state index contributed by atoms with van der Waals surface area (Å²) >= 11 is 6.14. The van der Waals surface area contributed by atoms with Crippen LogP contribution in [-0.2, 0) is 11.8 Å². The third-order valence-electron chi connectivity index (χ3n) is 3.14. The van der Waals surface area contributed by atoms with E-state index in [1.807, 2.05) is 18.8 Å². The lowest BCUT2D eigenvalue weighted by atomic mass is 10.0. The topological polar surface area (TPSA) is 39.1 Å². The molecular formula is C11H18ClN3O. The van der Waals surface area contributed by atoms with Crippen LogP contribution in [0.2, 0.25) is 5.02 Å². The second kappa shape index (κ2) is 5.17. The molecule has 0 amide bonds. The molecule has 0 aliphatic carbocycles. The Bertz CT molecular complexity index is 327. The number of halogens is 1. The van der Waals surface area contributed by atoms with Gasteiger partial charge in [-0.3, -0.25) is 4.68 Å². The van der Waals surface area contributed by atoms with Gasteiger partial charge in [0.2, 0.25) is 0 Å². The van der Waals surface area contributed by atoms with Crippen LogP contribution in [0.15, 0.2) is 6.20 Å². The number of nitrogens with one attached hydrogen (secondary N) is 1. The molecule has 1 saturated heterocycles. The maximum absolute atomic E-state index is 6.14. The van der Waals surface area contributed by atoms with E-state index >= 15 is 0 Å². The monoisotopic (exact) mass is 243 g/mol. The summed E-state index contributed by atoms with van der Waals surface area (Å²) in [4.78, 5) is 0. The predicted octanol–water partition coefficient (Wildman–Crippen LogP) is 1.90. The van der Waals surface area contributed by atoms with Gasteiger partial charge in [-0.15, -0.1) is 0 Å². The minimum Gasteiger partial charge on any atom is -0.378 e. The van der Waals surface area contributed by atoms with E-state index in [2.05, 4.69) is 10.4 Å². The van der Waals surface area contributed by atoms with Gasteiger partial charge >= 0.3 is 0 Å². The molecule has 0 saturated carbocycles. The molecule has 2 heterocycles. The fraction of sp³-hybridized carbons (Fsp3) is 0.727. The molecule has 0 bridgehead atoms. The lowest BCUT2D eigenvalue weighted by Crippen LogP contribution is -2.24. The first kappa shape index (κ1) is 11.9. The molecule has 1 aromatic heterocycles. The van der Waals surface area contributed by atoms with Crippen LogP contribution in [0.5, 0.6) is 0 Å². The van der Waals surface area contributed by atoms with Gasteiger partial charge in [0.1, 0.15) is 0 Å². The maximum atomic E-state index is 6.14. The van der Waals surface area contributed by atoms with E-state index in [0.717, 1.165) is 30.2 Å². The van der Waals surface area contributed by atoms with E-state index in [4.69, 9.17) is 16.3 Å². The van der Waals surface area contributed by atoms with Crippen LogP contribution in [0.3, 0.4) is 0 Å². The standard InChI is InChI=1S/C11H18ClN3O/c1-13-10(6-8-4-3-5-16-8)11-9(12)7-14-15(11)2/h7-8,10,13H,3-6H2,1-2H3. The third kappa shape index (κ3) is 2.39. The Balaban J connectivity index is 2.09. The molecule has 90 valence electrons. The summed E-state index contributed by atoms with van der Waals surface area (Å²) in [6.45, 7) is 0.889. The summed E-state index contributed by atoms with van der Waals surface area (Å²) in [5.41, 5.74) is 1.04. The van der Waals surface area contributed by atoms with Crippen LogP contribution in [0.25, 0.3) is 0 Å². The molecule has 0 radical (unpaired) electrons. The van der Waals surface area contributed by atoms with Crippen molar-refractivity contribution in [3.63, 3.8) is 0 Å². The van der Waals surface area contributed by atoms with Crippen molar-refractivity contribution in [2.75, 3.05) is 13.7 Å². The largest absolute Gasteiger partial charge is 0.378 e. The molecular weight excluding hydrogens is 226 g/mol. The molecule has 16 heavy (non-hydrogen) atoms. The van der Waals surface area contributed by atoms with Crippen molar-refractivity contribution in [2.24, 2.45) is 7.05 Å². The molecule has 0 aromatic carbocycles. The van der Waals surface area contributed by atoms with Gasteiger partial charge < -0.3 is 10.1 Å². The second-order valence-electron chi connectivity index (χ2n) is 4.21. The minimum absolute atomic E-state index is 0.211. The van der Waals surface area contributed by atoms with Gasteiger partial charge in [-0.05, 0) is 26.3 Å². The summed E-state index contributed by atoms with van der Waals surface area (Å²) in [6.07, 6.45) is 5.31. The molecule has 0 spiro atoms. The molecule has 1 aromatic rings. The molecule has 1 N–H and O–H groups in total. The van der Waals surface area contributed by atoms with Gasteiger partial charge in [0.15, 0.2) is 0 Å². The van der Waals surface area contributed by atoms with Gasteiger partial charge in [0.05, 0.1) is 29.1 Å². The van der Waals surface area contributed by atoms with E-state index in [1.165, 1.54) is 6.42 Å². The highest BCUT2D eigenvalue weighted by Crippen LogP contribution is 2.28. The number of nitrogens with zero attached hydrogens (tertiary/aromatic N) is 2. The van der Waals surface area contributed by atoms with Crippen LogP contribution in [0.4, 0.5) is 0 Å². The van der Waals surface area contributed by atoms with Crippen LogP contribution in [0, 0.1) is 0 Å². The van der Waals surface area contributed by atoms with E-state index < -0.39 is 0 Å². The number of ether oxygens (including phenoxy) is 1. The average Bonchev–Trinajstić information content (AvgIpc) is 2.87. The zero-order chi connectivity index (χ0) is 11.5. The third-order valence-corrected chi connectivity index (χ3v) is 3.43. The summed E-state index contributed by atoms with van der Waals surface area (Å²) in [5.74, 6) is 0. The van der Waals surface area contributed by atoms with Gasteiger partial charge in [0, 0.05) is 13.7 Å². The zero-order valence-electron chi connectivity index (χ0n) is 9.74. The molecule has 1 aliphatic heterocycles. The lowest BCUT2D eigenvalue weighted by Gasteiger charge is -2.20. The normalized spacial score (nSPS) is 22.6. The molecule has 4 nitrogen and oxygen atoms in total. The zero-order valence-corrected chi connectivity index (χ0v) is 10.5. The van der Waals surface area contributed by atoms with Crippen molar-refractivity contribution in [1.29, 1.82) is 0 Å². The van der Waals surface area contributed by atoms with Crippen molar-refractivity contribution in [1.82, 2.24) is 15.1 Å². The van der Waals surface area contributed by atoms with E-state index in [9.17, 15) is 0 Å². The molecule has 1 aliphatic rings. The Morgan fingerprint density at radius 1 is 1.75 bits per heavy atom. The van der Waals surface area contributed by atoms with Gasteiger partial charge in [-0.1, -0.05) is 11.6 Å². The van der Waals surface area contributed by atoms with Crippen LogP contribution in [-0.4, -0.2) is 29.5 Å². The molecule has 1 fully saturated rings. The highest BCUT2D eigenvalue weighted by Gasteiger charge is 2.24. The van der Waals surface area contributed by atoms with E-state index in [-0.39, 0.29) is 6.04 Å². The first-order valence-corrected chi connectivity index (χ1v) is 6.06. The molecule has 5 heteroatoms. The number of aromatic nitrogens is 2. The van der Waals surface area contributed by atoms with Gasteiger partial charge in [0.25, 0.3) is 0 Å². The smallest absolute Gasteiger partial charge is 0.0834 e. The molecule has 2 atom stereocenters. The van der Waals surface area contributed by atoms with Crippen molar-refractivity contribution >= 4 is 11.6 Å². The number of hydrogen-bond acceptors (Lipinski definition) is 3. The highest BCUT2D eigenvalue weighted by molar-refractivity contribution is 6.31. The number of aryl methyl sites for hydroxylation is 1. The van der Waals surface area contributed by atoms with Crippen molar-refractivity contribution in [3.8, 4) is 0 Å². The molecule has 2 rings (SSSR count). The fourth-order valence-corrected chi connectivity index (χ4v) is 2.57. The Morgan fingerprint density at radius 3 is 3.06 bits per heavy atom. The summed E-state index contributed by atoms with van der Waals surface area (Å²) in [7, 11) is 3.87. The van der Waals surface area contributed by atoms with E-state index in [1.54, 1.807) is 6.20 Å². The minimum atomic E-state index is 0.211.